The summed E-state index contributed by atoms with van der Waals surface area (Å²) >= 11 is 13.0. The van der Waals surface area contributed by atoms with E-state index in [-0.39, 0.29) is 0 Å². The molecular formula is C21H17ClN4O2S2. The number of fused-ring (bicyclic) bond motifs is 1. The number of esters is 1. The minimum Gasteiger partial charge on any atom is -0.465 e. The molecule has 0 aliphatic heterocycles. The van der Waals surface area contributed by atoms with Crippen LogP contribution in [0.5, 0.6) is 0 Å². The second kappa shape index (κ2) is 8.83. The molecule has 0 aliphatic carbocycles. The van der Waals surface area contributed by atoms with Gasteiger partial charge in [-0.15, -0.1) is 11.3 Å². The van der Waals surface area contributed by atoms with E-state index in [0.29, 0.717) is 21.6 Å². The molecule has 0 bridgehead atoms. The second-order valence-electron chi connectivity index (χ2n) is 6.43. The number of ether oxygens (including phenoxy) is 1. The molecule has 2 aromatic heterocycles. The number of rotatable bonds is 5. The van der Waals surface area contributed by atoms with Gasteiger partial charge in [-0.2, -0.15) is 5.10 Å². The largest absolute Gasteiger partial charge is 0.465 e. The van der Waals surface area contributed by atoms with E-state index in [9.17, 15) is 4.79 Å². The zero-order valence-corrected chi connectivity index (χ0v) is 18.3. The summed E-state index contributed by atoms with van der Waals surface area (Å²) in [5.41, 5.74) is 2.78. The van der Waals surface area contributed by atoms with Crippen LogP contribution in [0.25, 0.3) is 10.1 Å². The molecule has 152 valence electrons. The van der Waals surface area contributed by atoms with E-state index in [1.54, 1.807) is 6.20 Å². The quantitative estimate of drug-likeness (QED) is 0.310. The van der Waals surface area contributed by atoms with Crippen molar-refractivity contribution in [2.24, 2.45) is 0 Å². The number of carbonyl (C=O) groups is 1. The predicted octanol–water partition coefficient (Wildman–Crippen LogP) is 5.40. The third-order valence-corrected chi connectivity index (χ3v) is 6.19. The molecule has 0 amide bonds. The van der Waals surface area contributed by atoms with Crippen molar-refractivity contribution < 1.29 is 9.53 Å². The Labute approximate surface area is 187 Å². The highest BCUT2D eigenvalue weighted by Crippen LogP contribution is 2.37. The molecule has 2 heterocycles. The van der Waals surface area contributed by atoms with Crippen LogP contribution in [0.4, 0.5) is 11.4 Å². The number of hydrogen-bond acceptors (Lipinski definition) is 5. The normalized spacial score (nSPS) is 10.7. The van der Waals surface area contributed by atoms with Crippen molar-refractivity contribution in [3.05, 3.63) is 76.4 Å². The van der Waals surface area contributed by atoms with Gasteiger partial charge < -0.3 is 15.4 Å². The average Bonchev–Trinajstić information content (AvgIpc) is 3.35. The summed E-state index contributed by atoms with van der Waals surface area (Å²) in [6.07, 6.45) is 3.68. The lowest BCUT2D eigenvalue weighted by atomic mass is 10.2. The molecule has 2 N–H and O–H groups in total. The Hall–Kier alpha value is -2.94. The van der Waals surface area contributed by atoms with Gasteiger partial charge in [0.2, 0.25) is 0 Å². The maximum Gasteiger partial charge on any atom is 0.349 e. The number of nitrogens with one attached hydrogen (secondary N) is 2. The fourth-order valence-corrected chi connectivity index (χ4v) is 4.69. The van der Waals surface area contributed by atoms with E-state index in [0.717, 1.165) is 27.0 Å². The zero-order valence-electron chi connectivity index (χ0n) is 15.9. The monoisotopic (exact) mass is 456 g/mol. The maximum atomic E-state index is 11.8. The third-order valence-electron chi connectivity index (χ3n) is 4.35. The third kappa shape index (κ3) is 4.46. The summed E-state index contributed by atoms with van der Waals surface area (Å²) in [5, 5.41) is 12.3. The fraction of sp³-hybridized carbons (Fsp3) is 0.0952. The highest BCUT2D eigenvalue weighted by Gasteiger charge is 2.17. The molecule has 30 heavy (non-hydrogen) atoms. The van der Waals surface area contributed by atoms with Crippen molar-refractivity contribution in [2.75, 3.05) is 17.7 Å². The summed E-state index contributed by atoms with van der Waals surface area (Å²) in [4.78, 5) is 12.2. The van der Waals surface area contributed by atoms with Crippen molar-refractivity contribution in [1.82, 2.24) is 9.78 Å². The van der Waals surface area contributed by atoms with Crippen LogP contribution in [0, 0.1) is 0 Å². The molecule has 4 aromatic rings. The minimum absolute atomic E-state index is 0.390. The lowest BCUT2D eigenvalue weighted by Gasteiger charge is -2.12. The minimum atomic E-state index is -0.442. The molecule has 0 spiro atoms. The molecule has 0 aliphatic rings. The predicted molar refractivity (Wildman–Crippen MR) is 126 cm³/mol. The van der Waals surface area contributed by atoms with Crippen molar-refractivity contribution in [3.8, 4) is 0 Å². The van der Waals surface area contributed by atoms with Gasteiger partial charge in [0.1, 0.15) is 4.88 Å². The highest BCUT2D eigenvalue weighted by atomic mass is 35.5. The van der Waals surface area contributed by atoms with Crippen molar-refractivity contribution >= 4 is 67.7 Å². The van der Waals surface area contributed by atoms with Gasteiger partial charge in [0, 0.05) is 33.9 Å². The van der Waals surface area contributed by atoms with Crippen LogP contribution < -0.4 is 10.6 Å². The Morgan fingerprint density at radius 3 is 2.73 bits per heavy atom. The molecule has 0 unspecified atom stereocenters. The Bertz CT molecular complexity index is 1220. The summed E-state index contributed by atoms with van der Waals surface area (Å²) in [5.74, 6) is -0.442. The van der Waals surface area contributed by atoms with Crippen molar-refractivity contribution in [3.63, 3.8) is 0 Å². The summed E-state index contributed by atoms with van der Waals surface area (Å²) in [6.45, 7) is 0.682. The smallest absolute Gasteiger partial charge is 0.349 e. The molecule has 2 aromatic carbocycles. The molecule has 9 heteroatoms. The van der Waals surface area contributed by atoms with Gasteiger partial charge in [-0.05, 0) is 54.2 Å². The van der Waals surface area contributed by atoms with E-state index < -0.39 is 5.97 Å². The van der Waals surface area contributed by atoms with E-state index in [4.69, 9.17) is 28.6 Å². The molecular weight excluding hydrogens is 440 g/mol. The number of benzene rings is 2. The standard InChI is InChI=1S/C21H17ClN4O2S2/c1-28-20(27)19-18(22)16-7-6-15(11-17(16)30-19)25-21(29)24-14-5-2-4-13(10-14)12-26-9-3-8-23-26/h2-11H,12H2,1H3,(H2,24,25,29). The van der Waals surface area contributed by atoms with Crippen LogP contribution in [0.2, 0.25) is 5.02 Å². The van der Waals surface area contributed by atoms with E-state index in [1.165, 1.54) is 18.4 Å². The van der Waals surface area contributed by atoms with Gasteiger partial charge in [-0.25, -0.2) is 4.79 Å². The first-order chi connectivity index (χ1) is 14.5. The average molecular weight is 457 g/mol. The first-order valence-corrected chi connectivity index (χ1v) is 10.6. The number of methoxy groups -OCH3 is 1. The Morgan fingerprint density at radius 2 is 2.00 bits per heavy atom. The zero-order chi connectivity index (χ0) is 21.1. The van der Waals surface area contributed by atoms with Crippen LogP contribution in [0.3, 0.4) is 0 Å². The van der Waals surface area contributed by atoms with Gasteiger partial charge in [-0.1, -0.05) is 23.7 Å². The number of anilines is 2. The van der Waals surface area contributed by atoms with E-state index >= 15 is 0 Å². The first kappa shape index (κ1) is 20.3. The van der Waals surface area contributed by atoms with Gasteiger partial charge in [0.25, 0.3) is 0 Å². The van der Waals surface area contributed by atoms with Crippen molar-refractivity contribution in [1.29, 1.82) is 0 Å². The number of nitrogens with zero attached hydrogens (tertiary/aromatic N) is 2. The topological polar surface area (TPSA) is 68.2 Å². The van der Waals surface area contributed by atoms with Crippen LogP contribution in [0.15, 0.2) is 60.9 Å². The molecule has 0 saturated carbocycles. The van der Waals surface area contributed by atoms with E-state index in [1.807, 2.05) is 59.4 Å². The molecule has 0 atom stereocenters. The summed E-state index contributed by atoms with van der Waals surface area (Å²) in [7, 11) is 1.34. The lowest BCUT2D eigenvalue weighted by molar-refractivity contribution is 0.0606. The first-order valence-electron chi connectivity index (χ1n) is 8.98. The van der Waals surface area contributed by atoms with Gasteiger partial charge in [0.15, 0.2) is 5.11 Å². The van der Waals surface area contributed by atoms with Crippen LogP contribution in [-0.4, -0.2) is 28.0 Å². The summed E-state index contributed by atoms with van der Waals surface area (Å²) < 4.78 is 7.52. The van der Waals surface area contributed by atoms with Gasteiger partial charge in [-0.3, -0.25) is 4.68 Å². The lowest BCUT2D eigenvalue weighted by Crippen LogP contribution is -2.19. The molecule has 0 radical (unpaired) electrons. The Morgan fingerprint density at radius 1 is 1.20 bits per heavy atom. The number of hydrogen-bond donors (Lipinski definition) is 2. The van der Waals surface area contributed by atoms with Crippen molar-refractivity contribution in [2.45, 2.75) is 6.54 Å². The number of aromatic nitrogens is 2. The maximum absolute atomic E-state index is 11.8. The van der Waals surface area contributed by atoms with Crippen LogP contribution in [-0.2, 0) is 11.3 Å². The Kier molecular flexibility index (Phi) is 5.98. The highest BCUT2D eigenvalue weighted by molar-refractivity contribution is 7.80. The SMILES string of the molecule is COC(=O)c1sc2cc(NC(=S)Nc3cccc(Cn4cccn4)c3)ccc2c1Cl. The molecule has 0 fully saturated rings. The Balaban J connectivity index is 1.46. The number of thiocarbonyl (C=S) groups is 1. The summed E-state index contributed by atoms with van der Waals surface area (Å²) in [6, 6.07) is 15.5. The number of halogens is 1. The van der Waals surface area contributed by atoms with Crippen LogP contribution >= 0.6 is 35.2 Å². The number of carbonyl (C=O) groups excluding carboxylic acids is 1. The molecule has 6 nitrogen and oxygen atoms in total. The van der Waals surface area contributed by atoms with Crippen LogP contribution in [0.1, 0.15) is 15.2 Å². The second-order valence-corrected chi connectivity index (χ2v) is 8.27. The molecule has 0 saturated heterocycles. The van der Waals surface area contributed by atoms with E-state index in [2.05, 4.69) is 15.7 Å². The van der Waals surface area contributed by atoms with Gasteiger partial charge in [0.05, 0.1) is 18.7 Å². The molecule has 4 rings (SSSR count). The fourth-order valence-electron chi connectivity index (χ4n) is 2.99. The number of thiophene rings is 1. The van der Waals surface area contributed by atoms with Gasteiger partial charge >= 0.3 is 5.97 Å².